The highest BCUT2D eigenvalue weighted by Crippen LogP contribution is 2.43. The molecule has 0 radical (unpaired) electrons. The third-order valence-corrected chi connectivity index (χ3v) is 3.41. The van der Waals surface area contributed by atoms with Gasteiger partial charge < -0.3 is 10.1 Å². The lowest BCUT2D eigenvalue weighted by molar-refractivity contribution is -0.198. The summed E-state index contributed by atoms with van der Waals surface area (Å²) in [6, 6.07) is 0. The maximum absolute atomic E-state index is 12.0. The number of carbonyl (C=O) groups is 1. The van der Waals surface area contributed by atoms with Crippen molar-refractivity contribution in [3.8, 4) is 0 Å². The minimum Gasteiger partial charge on any atom is -0.349 e. The number of hydrogen-bond acceptors (Lipinski definition) is 3. The van der Waals surface area contributed by atoms with Gasteiger partial charge in [-0.25, -0.2) is 0 Å². The van der Waals surface area contributed by atoms with Crippen LogP contribution in [0.1, 0.15) is 34.1 Å². The Balaban J connectivity index is 2.99. The number of hydrogen-bond donors (Lipinski definition) is 1. The second-order valence-electron chi connectivity index (χ2n) is 5.77. The average Bonchev–Trinajstić information content (AvgIpc) is 2.25. The lowest BCUT2D eigenvalue weighted by Gasteiger charge is -2.36. The monoisotopic (exact) mass is 214 g/mol. The van der Waals surface area contributed by atoms with Crippen LogP contribution in [0.3, 0.4) is 0 Å². The third kappa shape index (κ3) is 1.88. The molecule has 1 amide bonds. The van der Waals surface area contributed by atoms with Crippen LogP contribution in [0.4, 0.5) is 0 Å². The van der Waals surface area contributed by atoms with Gasteiger partial charge in [-0.2, -0.15) is 5.06 Å². The largest absolute Gasteiger partial charge is 0.349 e. The Hall–Kier alpha value is -0.610. The molecule has 1 heterocycles. The first-order chi connectivity index (χ1) is 6.60. The van der Waals surface area contributed by atoms with Gasteiger partial charge in [0.05, 0.1) is 11.5 Å². The molecule has 88 valence electrons. The van der Waals surface area contributed by atoms with Gasteiger partial charge in [0.2, 0.25) is 5.91 Å². The average molecular weight is 214 g/mol. The topological polar surface area (TPSA) is 43.8 Å². The van der Waals surface area contributed by atoms with Crippen molar-refractivity contribution in [2.24, 2.45) is 5.92 Å². The highest BCUT2D eigenvalue weighted by atomic mass is 16.5. The summed E-state index contributed by atoms with van der Waals surface area (Å²) in [5.41, 5.74) is -0.829. The van der Waals surface area contributed by atoms with Crippen molar-refractivity contribution in [1.29, 1.82) is 0 Å². The molecule has 15 heavy (non-hydrogen) atoms. The molecule has 1 fully saturated rings. The molecule has 0 aromatic heterocycles. The van der Waals surface area contributed by atoms with Crippen LogP contribution in [0.2, 0.25) is 0 Å². The molecule has 1 rings (SSSR count). The van der Waals surface area contributed by atoms with Crippen molar-refractivity contribution in [2.75, 3.05) is 14.1 Å². The maximum atomic E-state index is 12.0. The van der Waals surface area contributed by atoms with Crippen molar-refractivity contribution in [3.63, 3.8) is 0 Å². The zero-order valence-corrected chi connectivity index (χ0v) is 10.5. The van der Waals surface area contributed by atoms with E-state index in [1.165, 1.54) is 5.06 Å². The van der Waals surface area contributed by atoms with Crippen LogP contribution in [0, 0.1) is 5.92 Å². The lowest BCUT2D eigenvalue weighted by atomic mass is 9.86. The molecule has 0 aromatic carbocycles. The van der Waals surface area contributed by atoms with Gasteiger partial charge in [-0.3, -0.25) is 4.79 Å². The van der Waals surface area contributed by atoms with E-state index in [2.05, 4.69) is 0 Å². The number of nitrogens with zero attached hydrogens (tertiary/aromatic N) is 2. The fourth-order valence-electron chi connectivity index (χ4n) is 2.46. The van der Waals surface area contributed by atoms with Crippen LogP contribution in [0.25, 0.3) is 0 Å². The van der Waals surface area contributed by atoms with Gasteiger partial charge in [0.15, 0.2) is 0 Å². The molecule has 1 unspecified atom stereocenters. The fraction of sp³-hybridized carbons (Fsp3) is 0.909. The zero-order chi connectivity index (χ0) is 12.0. The van der Waals surface area contributed by atoms with Crippen molar-refractivity contribution < 1.29 is 10.0 Å². The van der Waals surface area contributed by atoms with E-state index in [9.17, 15) is 10.0 Å². The summed E-state index contributed by atoms with van der Waals surface area (Å²) in [5, 5.41) is 11.4. The molecule has 1 aliphatic heterocycles. The fourth-order valence-corrected chi connectivity index (χ4v) is 2.46. The Morgan fingerprint density at radius 3 is 2.07 bits per heavy atom. The Labute approximate surface area is 91.8 Å². The van der Waals surface area contributed by atoms with Crippen LogP contribution >= 0.6 is 0 Å². The van der Waals surface area contributed by atoms with Gasteiger partial charge in [0.1, 0.15) is 0 Å². The lowest BCUT2D eigenvalue weighted by Crippen LogP contribution is -2.49. The second-order valence-corrected chi connectivity index (χ2v) is 5.77. The molecular formula is C11H22N2O2. The summed E-state index contributed by atoms with van der Waals surface area (Å²) in [6.07, 6.45) is 0.688. The van der Waals surface area contributed by atoms with E-state index in [1.807, 2.05) is 27.7 Å². The van der Waals surface area contributed by atoms with Crippen LogP contribution < -0.4 is 0 Å². The summed E-state index contributed by atoms with van der Waals surface area (Å²) in [5.74, 6) is -0.0582. The normalized spacial score (nSPS) is 29.1. The highest BCUT2D eigenvalue weighted by molar-refractivity contribution is 5.80. The van der Waals surface area contributed by atoms with Crippen molar-refractivity contribution in [3.05, 3.63) is 0 Å². The van der Waals surface area contributed by atoms with Crippen LogP contribution in [-0.2, 0) is 4.79 Å². The Morgan fingerprint density at radius 2 is 1.80 bits per heavy atom. The number of amides is 1. The van der Waals surface area contributed by atoms with Crippen LogP contribution in [0.5, 0.6) is 0 Å². The van der Waals surface area contributed by atoms with Gasteiger partial charge in [-0.15, -0.1) is 0 Å². The van der Waals surface area contributed by atoms with Crippen molar-refractivity contribution >= 4 is 5.91 Å². The molecule has 0 saturated carbocycles. The van der Waals surface area contributed by atoms with Gasteiger partial charge in [-0.1, -0.05) is 0 Å². The summed E-state index contributed by atoms with van der Waals surface area (Å²) >= 11 is 0. The van der Waals surface area contributed by atoms with Gasteiger partial charge >= 0.3 is 0 Å². The Kier molecular flexibility index (Phi) is 2.87. The van der Waals surface area contributed by atoms with E-state index >= 15 is 0 Å². The van der Waals surface area contributed by atoms with E-state index in [-0.39, 0.29) is 17.4 Å². The molecule has 0 aromatic rings. The quantitative estimate of drug-likeness (QED) is 0.716. The van der Waals surface area contributed by atoms with Crippen molar-refractivity contribution in [1.82, 2.24) is 9.96 Å². The molecule has 1 saturated heterocycles. The first-order valence-corrected chi connectivity index (χ1v) is 5.31. The molecule has 1 atom stereocenters. The number of hydroxylamine groups is 2. The van der Waals surface area contributed by atoms with E-state index in [0.717, 1.165) is 0 Å². The number of carbonyl (C=O) groups excluding carboxylic acids is 1. The maximum Gasteiger partial charge on any atom is 0.227 e. The van der Waals surface area contributed by atoms with Crippen molar-refractivity contribution in [2.45, 2.75) is 45.2 Å². The smallest absolute Gasteiger partial charge is 0.227 e. The van der Waals surface area contributed by atoms with Gasteiger partial charge in [-0.05, 0) is 34.1 Å². The van der Waals surface area contributed by atoms with E-state index in [0.29, 0.717) is 6.42 Å². The second kappa shape index (κ2) is 3.46. The molecule has 1 aliphatic rings. The molecule has 1 N–H and O–H groups in total. The SMILES string of the molecule is CN(C)C(=O)C1CC(C)(C)N(O)C1(C)C. The first-order valence-electron chi connectivity index (χ1n) is 5.31. The summed E-state index contributed by atoms with van der Waals surface area (Å²) in [6.45, 7) is 7.73. The Bertz CT molecular complexity index is 272. The molecule has 4 heteroatoms. The molecular weight excluding hydrogens is 192 g/mol. The molecule has 4 nitrogen and oxygen atoms in total. The summed E-state index contributed by atoms with van der Waals surface area (Å²) in [7, 11) is 3.51. The molecule has 0 spiro atoms. The first kappa shape index (κ1) is 12.5. The minimum absolute atomic E-state index is 0.0876. The molecule has 0 aliphatic carbocycles. The standard InChI is InChI=1S/C11H22N2O2/c1-10(2)7-8(9(14)12(5)6)11(3,4)13(10)15/h8,15H,7H2,1-6H3. The minimum atomic E-state index is -0.495. The highest BCUT2D eigenvalue weighted by Gasteiger charge is 2.54. The zero-order valence-electron chi connectivity index (χ0n) is 10.5. The summed E-state index contributed by atoms with van der Waals surface area (Å²) in [4.78, 5) is 13.6. The van der Waals surface area contributed by atoms with E-state index in [1.54, 1.807) is 19.0 Å². The van der Waals surface area contributed by atoms with Crippen LogP contribution in [-0.4, -0.2) is 46.3 Å². The number of rotatable bonds is 1. The van der Waals surface area contributed by atoms with Gasteiger partial charge in [0, 0.05) is 19.6 Å². The molecule has 0 bridgehead atoms. The summed E-state index contributed by atoms with van der Waals surface area (Å²) < 4.78 is 0. The van der Waals surface area contributed by atoms with Gasteiger partial charge in [0.25, 0.3) is 0 Å². The predicted molar refractivity (Wildman–Crippen MR) is 58.6 cm³/mol. The van der Waals surface area contributed by atoms with Crippen LogP contribution in [0.15, 0.2) is 0 Å². The van der Waals surface area contributed by atoms with E-state index in [4.69, 9.17) is 0 Å². The third-order valence-electron chi connectivity index (χ3n) is 3.41. The van der Waals surface area contributed by atoms with E-state index < -0.39 is 5.54 Å². The Morgan fingerprint density at radius 1 is 1.33 bits per heavy atom. The predicted octanol–water partition coefficient (Wildman–Crippen LogP) is 1.34.